The lowest BCUT2D eigenvalue weighted by Gasteiger charge is -2.10. The average Bonchev–Trinajstić information content (AvgIpc) is 2.64. The van der Waals surface area contributed by atoms with E-state index in [4.69, 9.17) is 5.11 Å². The number of fused-ring (bicyclic) bond motifs is 1. The van der Waals surface area contributed by atoms with E-state index in [0.717, 1.165) is 23.1 Å². The van der Waals surface area contributed by atoms with E-state index in [-0.39, 0.29) is 5.75 Å². The van der Waals surface area contributed by atoms with Gasteiger partial charge in [-0.2, -0.15) is 0 Å². The predicted octanol–water partition coefficient (Wildman–Crippen LogP) is 2.63. The molecule has 0 aliphatic carbocycles. The van der Waals surface area contributed by atoms with Gasteiger partial charge in [0, 0.05) is 29.6 Å². The van der Waals surface area contributed by atoms with Crippen LogP contribution < -0.4 is 0 Å². The Morgan fingerprint density at radius 3 is 2.72 bits per heavy atom. The number of hydrogen-bond donors (Lipinski definition) is 2. The van der Waals surface area contributed by atoms with Crippen LogP contribution in [0, 0.1) is 5.92 Å². The second kappa shape index (κ2) is 4.72. The predicted molar refractivity (Wildman–Crippen MR) is 69.8 cm³/mol. The summed E-state index contributed by atoms with van der Waals surface area (Å²) in [5.41, 5.74) is 2.02. The lowest BCUT2D eigenvalue weighted by molar-refractivity contribution is -0.141. The summed E-state index contributed by atoms with van der Waals surface area (Å²) in [6, 6.07) is 7.18. The Hall–Kier alpha value is -1.97. The van der Waals surface area contributed by atoms with E-state index in [1.165, 1.54) is 0 Å². The first kappa shape index (κ1) is 12.5. The lowest BCUT2D eigenvalue weighted by Crippen LogP contribution is -2.14. The zero-order valence-electron chi connectivity index (χ0n) is 10.6. The molecule has 2 N–H and O–H groups in total. The van der Waals surface area contributed by atoms with Gasteiger partial charge in [0.05, 0.1) is 5.92 Å². The summed E-state index contributed by atoms with van der Waals surface area (Å²) in [4.78, 5) is 10.9. The maximum atomic E-state index is 10.9. The highest BCUT2D eigenvalue weighted by Crippen LogP contribution is 2.25. The van der Waals surface area contributed by atoms with Crippen LogP contribution in [0.15, 0.2) is 24.3 Å². The fourth-order valence-electron chi connectivity index (χ4n) is 2.26. The summed E-state index contributed by atoms with van der Waals surface area (Å²) in [6.07, 6.45) is 0.499. The zero-order valence-corrected chi connectivity index (χ0v) is 10.6. The fraction of sp³-hybridized carbons (Fsp3) is 0.357. The number of nitrogens with zero attached hydrogens (tertiary/aromatic N) is 1. The Morgan fingerprint density at radius 2 is 2.11 bits per heavy atom. The van der Waals surface area contributed by atoms with E-state index in [1.807, 2.05) is 19.1 Å². The Balaban J connectivity index is 2.47. The van der Waals surface area contributed by atoms with Crippen molar-refractivity contribution >= 4 is 16.9 Å². The van der Waals surface area contributed by atoms with Gasteiger partial charge in [-0.25, -0.2) is 0 Å². The van der Waals surface area contributed by atoms with Crippen molar-refractivity contribution in [1.29, 1.82) is 0 Å². The molecule has 96 valence electrons. The number of aromatic hydroxyl groups is 1. The molecule has 4 heteroatoms. The summed E-state index contributed by atoms with van der Waals surface area (Å²) >= 11 is 0. The van der Waals surface area contributed by atoms with Crippen molar-refractivity contribution in [2.75, 3.05) is 0 Å². The highest BCUT2D eigenvalue weighted by Gasteiger charge is 2.16. The number of aliphatic carboxylic acids is 1. The summed E-state index contributed by atoms with van der Waals surface area (Å²) in [5, 5.41) is 19.4. The third kappa shape index (κ3) is 2.18. The van der Waals surface area contributed by atoms with Crippen LogP contribution in [0.25, 0.3) is 10.9 Å². The van der Waals surface area contributed by atoms with Gasteiger partial charge >= 0.3 is 5.97 Å². The molecule has 1 aromatic carbocycles. The summed E-state index contributed by atoms with van der Waals surface area (Å²) in [5.74, 6) is -0.965. The van der Waals surface area contributed by atoms with Crippen molar-refractivity contribution in [1.82, 2.24) is 4.57 Å². The van der Waals surface area contributed by atoms with Crippen LogP contribution in [-0.2, 0) is 17.8 Å². The highest BCUT2D eigenvalue weighted by atomic mass is 16.4. The van der Waals surface area contributed by atoms with Crippen LogP contribution in [0.1, 0.15) is 19.5 Å². The number of rotatable bonds is 4. The number of carbonyl (C=O) groups is 1. The number of aryl methyl sites for hydroxylation is 1. The SMILES string of the molecule is CCn1c(CC(C)C(=O)O)cc2cc(O)ccc21. The fourth-order valence-corrected chi connectivity index (χ4v) is 2.26. The van der Waals surface area contributed by atoms with Crippen molar-refractivity contribution in [3.63, 3.8) is 0 Å². The standard InChI is InChI=1S/C14H17NO3/c1-3-15-11(6-9(2)14(17)18)7-10-8-12(16)4-5-13(10)15/h4-5,7-9,16H,3,6H2,1-2H3,(H,17,18). The zero-order chi connectivity index (χ0) is 13.3. The number of phenolic OH excluding ortho intramolecular Hbond substituents is 1. The first-order valence-electron chi connectivity index (χ1n) is 6.07. The van der Waals surface area contributed by atoms with Gasteiger partial charge in [-0.15, -0.1) is 0 Å². The first-order valence-corrected chi connectivity index (χ1v) is 6.07. The molecule has 1 aromatic heterocycles. The molecule has 0 aliphatic heterocycles. The molecule has 0 bridgehead atoms. The van der Waals surface area contributed by atoms with E-state index >= 15 is 0 Å². The van der Waals surface area contributed by atoms with Gasteiger partial charge in [0.2, 0.25) is 0 Å². The van der Waals surface area contributed by atoms with Gasteiger partial charge < -0.3 is 14.8 Å². The van der Waals surface area contributed by atoms with E-state index in [2.05, 4.69) is 4.57 Å². The van der Waals surface area contributed by atoms with E-state index < -0.39 is 11.9 Å². The molecular formula is C14H17NO3. The van der Waals surface area contributed by atoms with E-state index in [1.54, 1.807) is 19.1 Å². The van der Waals surface area contributed by atoms with Crippen LogP contribution in [0.4, 0.5) is 0 Å². The van der Waals surface area contributed by atoms with Gasteiger partial charge in [0.1, 0.15) is 5.75 Å². The second-order valence-electron chi connectivity index (χ2n) is 4.57. The maximum absolute atomic E-state index is 10.9. The van der Waals surface area contributed by atoms with Crippen molar-refractivity contribution in [3.05, 3.63) is 30.0 Å². The molecule has 2 aromatic rings. The number of carboxylic acids is 1. The number of hydrogen-bond acceptors (Lipinski definition) is 2. The van der Waals surface area contributed by atoms with Crippen LogP contribution in [0.2, 0.25) is 0 Å². The Bertz CT molecular complexity index is 586. The number of aromatic nitrogens is 1. The third-order valence-electron chi connectivity index (χ3n) is 3.22. The number of phenols is 1. The molecule has 0 radical (unpaired) electrons. The van der Waals surface area contributed by atoms with Crippen LogP contribution >= 0.6 is 0 Å². The van der Waals surface area contributed by atoms with Gasteiger partial charge in [-0.05, 0) is 31.2 Å². The Kier molecular flexibility index (Phi) is 3.28. The molecule has 0 saturated heterocycles. The van der Waals surface area contributed by atoms with Gasteiger partial charge in [-0.3, -0.25) is 4.79 Å². The quantitative estimate of drug-likeness (QED) is 0.873. The minimum atomic E-state index is -0.786. The van der Waals surface area contributed by atoms with E-state index in [9.17, 15) is 9.90 Å². The highest BCUT2D eigenvalue weighted by molar-refractivity contribution is 5.83. The molecule has 1 heterocycles. The Labute approximate surface area is 105 Å². The summed E-state index contributed by atoms with van der Waals surface area (Å²) < 4.78 is 2.09. The van der Waals surface area contributed by atoms with Gasteiger partial charge in [-0.1, -0.05) is 6.92 Å². The lowest BCUT2D eigenvalue weighted by atomic mass is 10.1. The molecule has 2 rings (SSSR count). The molecule has 0 amide bonds. The molecule has 1 atom stereocenters. The molecule has 0 aliphatic rings. The third-order valence-corrected chi connectivity index (χ3v) is 3.22. The average molecular weight is 247 g/mol. The minimum absolute atomic E-state index is 0.230. The summed E-state index contributed by atoms with van der Waals surface area (Å²) in [7, 11) is 0. The topological polar surface area (TPSA) is 62.5 Å². The normalized spacial score (nSPS) is 12.8. The first-order chi connectivity index (χ1) is 8.52. The summed E-state index contributed by atoms with van der Waals surface area (Å²) in [6.45, 7) is 4.52. The smallest absolute Gasteiger partial charge is 0.306 e. The van der Waals surface area contributed by atoms with Crippen LogP contribution in [0.3, 0.4) is 0 Å². The molecule has 4 nitrogen and oxygen atoms in total. The number of carboxylic acid groups (broad SMARTS) is 1. The van der Waals surface area contributed by atoms with Crippen molar-refractivity contribution in [3.8, 4) is 5.75 Å². The van der Waals surface area contributed by atoms with E-state index in [0.29, 0.717) is 6.42 Å². The Morgan fingerprint density at radius 1 is 1.39 bits per heavy atom. The van der Waals surface area contributed by atoms with Crippen LogP contribution in [-0.4, -0.2) is 20.7 Å². The molecule has 0 fully saturated rings. The maximum Gasteiger partial charge on any atom is 0.306 e. The van der Waals surface area contributed by atoms with Crippen molar-refractivity contribution < 1.29 is 15.0 Å². The van der Waals surface area contributed by atoms with Crippen molar-refractivity contribution in [2.24, 2.45) is 5.92 Å². The van der Waals surface area contributed by atoms with Gasteiger partial charge in [0.15, 0.2) is 0 Å². The monoisotopic (exact) mass is 247 g/mol. The molecular weight excluding hydrogens is 230 g/mol. The minimum Gasteiger partial charge on any atom is -0.508 e. The molecule has 0 saturated carbocycles. The number of benzene rings is 1. The van der Waals surface area contributed by atoms with Crippen LogP contribution in [0.5, 0.6) is 5.75 Å². The van der Waals surface area contributed by atoms with Gasteiger partial charge in [0.25, 0.3) is 0 Å². The van der Waals surface area contributed by atoms with Crippen molar-refractivity contribution in [2.45, 2.75) is 26.8 Å². The largest absolute Gasteiger partial charge is 0.508 e. The molecule has 18 heavy (non-hydrogen) atoms. The molecule has 1 unspecified atom stereocenters. The molecule has 0 spiro atoms. The second-order valence-corrected chi connectivity index (χ2v) is 4.57.